The van der Waals surface area contributed by atoms with Crippen molar-refractivity contribution in [1.29, 1.82) is 0 Å². The quantitative estimate of drug-likeness (QED) is 0.0687. The Hall–Kier alpha value is -5.16. The highest BCUT2D eigenvalue weighted by atomic mass is 35.5. The highest BCUT2D eigenvalue weighted by Gasteiger charge is 2.23. The maximum absolute atomic E-state index is 13.5. The lowest BCUT2D eigenvalue weighted by Gasteiger charge is -2.13. The van der Waals surface area contributed by atoms with E-state index < -0.39 is 17.8 Å². The Balaban J connectivity index is 1.27. The smallest absolute Gasteiger partial charge is 0.341 e. The van der Waals surface area contributed by atoms with Crippen LogP contribution in [0, 0.1) is 0 Å². The molecule has 0 aliphatic heterocycles. The largest absolute Gasteiger partial charge is 0.462 e. The average molecular weight is 696 g/mol. The first-order valence-electron chi connectivity index (χ1n) is 14.8. The first-order valence-corrected chi connectivity index (χ1v) is 17.1. The van der Waals surface area contributed by atoms with Crippen molar-refractivity contribution in [2.45, 2.75) is 11.8 Å². The number of carbonyl (C=O) groups excluding carboxylic acids is 4. The van der Waals surface area contributed by atoms with Gasteiger partial charge in [-0.15, -0.1) is 23.1 Å². The number of thiophene rings is 1. The van der Waals surface area contributed by atoms with Crippen molar-refractivity contribution in [2.75, 3.05) is 23.0 Å². The fourth-order valence-electron chi connectivity index (χ4n) is 4.55. The number of esters is 1. The van der Waals surface area contributed by atoms with E-state index in [0.29, 0.717) is 38.0 Å². The minimum absolute atomic E-state index is 0.00221. The van der Waals surface area contributed by atoms with Crippen molar-refractivity contribution in [2.24, 2.45) is 0 Å². The van der Waals surface area contributed by atoms with Crippen molar-refractivity contribution in [3.63, 3.8) is 0 Å². The third kappa shape index (κ3) is 9.01. The molecule has 0 spiro atoms. The molecule has 0 unspecified atom stereocenters. The van der Waals surface area contributed by atoms with Crippen LogP contribution in [0.4, 0.5) is 10.7 Å². The fraction of sp³-hybridized carbons (Fsp3) is 0.0811. The minimum atomic E-state index is -0.558. The van der Waals surface area contributed by atoms with Gasteiger partial charge in [-0.05, 0) is 60.5 Å². The molecule has 0 saturated heterocycles. The summed E-state index contributed by atoms with van der Waals surface area (Å²) in [6, 6.07) is 32.0. The van der Waals surface area contributed by atoms with Gasteiger partial charge in [-0.2, -0.15) is 0 Å². The summed E-state index contributed by atoms with van der Waals surface area (Å²) < 4.78 is 5.29. The van der Waals surface area contributed by atoms with E-state index >= 15 is 0 Å². The summed E-state index contributed by atoms with van der Waals surface area (Å²) in [5.41, 5.74) is 3.25. The van der Waals surface area contributed by atoms with Gasteiger partial charge in [0.2, 0.25) is 5.91 Å². The third-order valence-corrected chi connectivity index (χ3v) is 9.04. The second-order valence-corrected chi connectivity index (χ2v) is 12.5. The molecule has 48 heavy (non-hydrogen) atoms. The zero-order valence-corrected chi connectivity index (χ0v) is 28.1. The molecule has 3 N–H and O–H groups in total. The summed E-state index contributed by atoms with van der Waals surface area (Å²) in [4.78, 5) is 53.0. The van der Waals surface area contributed by atoms with Gasteiger partial charge in [0.1, 0.15) is 16.3 Å². The molecular formula is C37H30ClN3O5S2. The van der Waals surface area contributed by atoms with Gasteiger partial charge in [0.15, 0.2) is 0 Å². The molecule has 0 bridgehead atoms. The van der Waals surface area contributed by atoms with Crippen molar-refractivity contribution < 1.29 is 23.9 Å². The fourth-order valence-corrected chi connectivity index (χ4v) is 6.47. The number of benzene rings is 4. The third-order valence-electron chi connectivity index (χ3n) is 6.80. The van der Waals surface area contributed by atoms with E-state index in [4.69, 9.17) is 16.3 Å². The van der Waals surface area contributed by atoms with E-state index in [2.05, 4.69) is 16.0 Å². The summed E-state index contributed by atoms with van der Waals surface area (Å²) in [6.45, 7) is 1.93. The lowest BCUT2D eigenvalue weighted by Crippen LogP contribution is -2.30. The Kier molecular flexibility index (Phi) is 11.8. The highest BCUT2D eigenvalue weighted by molar-refractivity contribution is 8.00. The normalized spacial score (nSPS) is 11.0. The van der Waals surface area contributed by atoms with E-state index in [9.17, 15) is 19.2 Å². The van der Waals surface area contributed by atoms with Gasteiger partial charge in [0.25, 0.3) is 11.8 Å². The van der Waals surface area contributed by atoms with Gasteiger partial charge in [0, 0.05) is 32.1 Å². The Morgan fingerprint density at radius 2 is 1.56 bits per heavy atom. The van der Waals surface area contributed by atoms with Gasteiger partial charge in [-0.3, -0.25) is 14.4 Å². The van der Waals surface area contributed by atoms with Crippen molar-refractivity contribution in [3.05, 3.63) is 142 Å². The summed E-state index contributed by atoms with van der Waals surface area (Å²) in [6.07, 6.45) is 1.51. The number of anilines is 2. The van der Waals surface area contributed by atoms with Gasteiger partial charge >= 0.3 is 5.97 Å². The average Bonchev–Trinajstić information content (AvgIpc) is 3.52. The molecule has 4 aromatic carbocycles. The van der Waals surface area contributed by atoms with Crippen molar-refractivity contribution >= 4 is 75.2 Å². The lowest BCUT2D eigenvalue weighted by molar-refractivity contribution is -0.114. The molecule has 0 fully saturated rings. The minimum Gasteiger partial charge on any atom is -0.462 e. The molecule has 0 aliphatic carbocycles. The molecular weight excluding hydrogens is 666 g/mol. The van der Waals surface area contributed by atoms with E-state index in [1.807, 2.05) is 41.8 Å². The van der Waals surface area contributed by atoms with Crippen LogP contribution in [-0.4, -0.2) is 36.1 Å². The zero-order valence-electron chi connectivity index (χ0n) is 25.7. The maximum Gasteiger partial charge on any atom is 0.341 e. The molecule has 0 radical (unpaired) electrons. The molecule has 8 nitrogen and oxygen atoms in total. The summed E-state index contributed by atoms with van der Waals surface area (Å²) >= 11 is 8.86. The maximum atomic E-state index is 13.5. The van der Waals surface area contributed by atoms with Crippen LogP contribution in [0.25, 0.3) is 17.2 Å². The van der Waals surface area contributed by atoms with Crippen LogP contribution in [0.2, 0.25) is 5.02 Å². The van der Waals surface area contributed by atoms with Crippen molar-refractivity contribution in [1.82, 2.24) is 5.32 Å². The van der Waals surface area contributed by atoms with E-state index in [1.54, 1.807) is 79.7 Å². The van der Waals surface area contributed by atoms with Gasteiger partial charge in [0.05, 0.1) is 12.4 Å². The van der Waals surface area contributed by atoms with Gasteiger partial charge in [-0.25, -0.2) is 4.79 Å². The number of thioether (sulfide) groups is 1. The zero-order chi connectivity index (χ0) is 33.9. The number of carbonyl (C=O) groups is 4. The molecule has 242 valence electrons. The van der Waals surface area contributed by atoms with Gasteiger partial charge in [-0.1, -0.05) is 84.4 Å². The Bertz CT molecular complexity index is 1960. The van der Waals surface area contributed by atoms with Crippen LogP contribution in [0.3, 0.4) is 0 Å². The van der Waals surface area contributed by atoms with Gasteiger partial charge < -0.3 is 20.7 Å². The summed E-state index contributed by atoms with van der Waals surface area (Å²) in [5.74, 6) is -1.78. The second kappa shape index (κ2) is 16.6. The number of amides is 3. The summed E-state index contributed by atoms with van der Waals surface area (Å²) in [5, 5.41) is 11.0. The summed E-state index contributed by atoms with van der Waals surface area (Å²) in [7, 11) is 0. The Morgan fingerprint density at radius 3 is 2.29 bits per heavy atom. The number of nitrogens with one attached hydrogen (secondary N) is 3. The first kappa shape index (κ1) is 34.2. The number of rotatable bonds is 12. The van der Waals surface area contributed by atoms with Crippen LogP contribution in [0.1, 0.15) is 33.2 Å². The molecule has 5 rings (SSSR count). The topological polar surface area (TPSA) is 114 Å². The highest BCUT2D eigenvalue weighted by Crippen LogP contribution is 2.36. The van der Waals surface area contributed by atoms with Crippen LogP contribution < -0.4 is 16.0 Å². The number of halogens is 1. The van der Waals surface area contributed by atoms with Crippen LogP contribution in [-0.2, 0) is 14.3 Å². The Labute approximate surface area is 291 Å². The molecule has 11 heteroatoms. The number of ether oxygens (including phenoxy) is 1. The standard InChI is InChI=1S/C37H30ClN3O5S2/c1-2-46-37(45)33-29(24-12-5-3-6-13-24)22-48-36(33)41-32(42)23-47-28-18-11-17-27(21-28)39-35(44)31(20-26-16-9-10-19-30(26)38)40-34(43)25-14-7-4-8-15-25/h3-22H,2,23H2,1H3,(H,39,44)(H,40,43)(H,41,42)/b31-20+. The SMILES string of the molecule is CCOC(=O)c1c(-c2ccccc2)csc1NC(=O)CSc1cccc(NC(=O)/C(=C\c2ccccc2Cl)NC(=O)c2ccccc2)c1. The van der Waals surface area contributed by atoms with E-state index in [-0.39, 0.29) is 24.0 Å². The monoisotopic (exact) mass is 695 g/mol. The van der Waals surface area contributed by atoms with E-state index in [0.717, 1.165) is 10.5 Å². The Morgan fingerprint density at radius 1 is 0.854 bits per heavy atom. The number of hydrogen-bond donors (Lipinski definition) is 3. The van der Waals surface area contributed by atoms with E-state index in [1.165, 1.54) is 29.2 Å². The van der Waals surface area contributed by atoms with Crippen LogP contribution in [0.5, 0.6) is 0 Å². The molecule has 0 aliphatic rings. The predicted octanol–water partition coefficient (Wildman–Crippen LogP) is 8.39. The molecule has 0 atom stereocenters. The molecule has 1 heterocycles. The predicted molar refractivity (Wildman–Crippen MR) is 193 cm³/mol. The lowest BCUT2D eigenvalue weighted by atomic mass is 10.0. The number of hydrogen-bond acceptors (Lipinski definition) is 7. The van der Waals surface area contributed by atoms with Crippen LogP contribution >= 0.6 is 34.7 Å². The van der Waals surface area contributed by atoms with Crippen LogP contribution in [0.15, 0.2) is 125 Å². The van der Waals surface area contributed by atoms with Crippen molar-refractivity contribution in [3.8, 4) is 11.1 Å². The molecule has 0 saturated carbocycles. The molecule has 1 aromatic heterocycles. The molecule has 3 amide bonds. The second-order valence-electron chi connectivity index (χ2n) is 10.2. The first-order chi connectivity index (χ1) is 23.3. The molecule has 5 aromatic rings.